The molecule has 18 heavy (non-hydrogen) atoms. The highest BCUT2D eigenvalue weighted by Crippen LogP contribution is 2.16. The summed E-state index contributed by atoms with van der Waals surface area (Å²) in [4.78, 5) is -0.0230. The second-order valence-corrected chi connectivity index (χ2v) is 6.45. The first-order chi connectivity index (χ1) is 8.36. The lowest BCUT2D eigenvalue weighted by Crippen LogP contribution is -2.27. The van der Waals surface area contributed by atoms with Crippen molar-refractivity contribution in [1.82, 2.24) is 4.72 Å². The minimum atomic E-state index is -3.67. The summed E-state index contributed by atoms with van der Waals surface area (Å²) >= 11 is 5.90. The van der Waals surface area contributed by atoms with Crippen molar-refractivity contribution < 1.29 is 12.8 Å². The zero-order chi connectivity index (χ0) is 13.8. The number of benzene rings is 1. The number of hydrogen-bond donors (Lipinski definition) is 1. The second-order valence-electron chi connectivity index (χ2n) is 4.10. The SMILES string of the molecule is CCC(Cl)CCNS(=O)(=O)c1cc(F)ccc1C. The Morgan fingerprint density at radius 1 is 1.44 bits per heavy atom. The molecule has 102 valence electrons. The molecule has 0 fully saturated rings. The first kappa shape index (κ1) is 15.4. The number of hydrogen-bond acceptors (Lipinski definition) is 2. The van der Waals surface area contributed by atoms with Gasteiger partial charge in [0.15, 0.2) is 0 Å². The Hall–Kier alpha value is -0.650. The third-order valence-corrected chi connectivity index (χ3v) is 4.76. The average molecular weight is 294 g/mol. The molecule has 0 aliphatic heterocycles. The largest absolute Gasteiger partial charge is 0.240 e. The molecule has 0 radical (unpaired) electrons. The van der Waals surface area contributed by atoms with Crippen LogP contribution in [0.25, 0.3) is 0 Å². The van der Waals surface area contributed by atoms with Crippen LogP contribution in [0, 0.1) is 12.7 Å². The van der Waals surface area contributed by atoms with Gasteiger partial charge in [0.1, 0.15) is 5.82 Å². The van der Waals surface area contributed by atoms with Gasteiger partial charge in [-0.25, -0.2) is 17.5 Å². The van der Waals surface area contributed by atoms with E-state index in [0.29, 0.717) is 12.0 Å². The van der Waals surface area contributed by atoms with Gasteiger partial charge in [0.05, 0.1) is 4.90 Å². The van der Waals surface area contributed by atoms with E-state index in [4.69, 9.17) is 11.6 Å². The van der Waals surface area contributed by atoms with Gasteiger partial charge in [-0.2, -0.15) is 0 Å². The highest BCUT2D eigenvalue weighted by Gasteiger charge is 2.17. The fraction of sp³-hybridized carbons (Fsp3) is 0.500. The van der Waals surface area contributed by atoms with Gasteiger partial charge in [-0.15, -0.1) is 11.6 Å². The van der Waals surface area contributed by atoms with Gasteiger partial charge in [0, 0.05) is 11.9 Å². The first-order valence-electron chi connectivity index (χ1n) is 5.76. The van der Waals surface area contributed by atoms with E-state index in [0.717, 1.165) is 12.5 Å². The van der Waals surface area contributed by atoms with Gasteiger partial charge in [0.2, 0.25) is 10.0 Å². The van der Waals surface area contributed by atoms with Crippen LogP contribution >= 0.6 is 11.6 Å². The normalized spacial score (nSPS) is 13.6. The zero-order valence-corrected chi connectivity index (χ0v) is 12.0. The maximum Gasteiger partial charge on any atom is 0.240 e. The van der Waals surface area contributed by atoms with Gasteiger partial charge in [-0.3, -0.25) is 0 Å². The molecule has 1 N–H and O–H groups in total. The summed E-state index contributed by atoms with van der Waals surface area (Å²) in [5, 5.41) is -0.0543. The Labute approximate surface area is 112 Å². The molecule has 0 heterocycles. The van der Waals surface area contributed by atoms with E-state index in [1.165, 1.54) is 12.1 Å². The average Bonchev–Trinajstić information content (AvgIpc) is 2.31. The van der Waals surface area contributed by atoms with Gasteiger partial charge in [0.25, 0.3) is 0 Å². The highest BCUT2D eigenvalue weighted by atomic mass is 35.5. The summed E-state index contributed by atoms with van der Waals surface area (Å²) in [6.07, 6.45) is 1.33. The fourth-order valence-electron chi connectivity index (χ4n) is 1.50. The molecule has 1 atom stereocenters. The summed E-state index contributed by atoms with van der Waals surface area (Å²) in [6.45, 7) is 3.81. The minimum Gasteiger partial charge on any atom is -0.211 e. The number of rotatable bonds is 6. The predicted molar refractivity (Wildman–Crippen MR) is 70.9 cm³/mol. The predicted octanol–water partition coefficient (Wildman–Crippen LogP) is 2.82. The van der Waals surface area contributed by atoms with Crippen molar-refractivity contribution in [1.29, 1.82) is 0 Å². The van der Waals surface area contributed by atoms with Crippen molar-refractivity contribution in [2.45, 2.75) is 37.0 Å². The molecule has 3 nitrogen and oxygen atoms in total. The third-order valence-electron chi connectivity index (χ3n) is 2.63. The van der Waals surface area contributed by atoms with E-state index in [1.54, 1.807) is 6.92 Å². The van der Waals surface area contributed by atoms with Crippen molar-refractivity contribution in [2.24, 2.45) is 0 Å². The van der Waals surface area contributed by atoms with E-state index >= 15 is 0 Å². The molecular weight excluding hydrogens is 277 g/mol. The number of nitrogens with one attached hydrogen (secondary N) is 1. The van der Waals surface area contributed by atoms with Gasteiger partial charge < -0.3 is 0 Å². The van der Waals surface area contributed by atoms with Crippen LogP contribution in [0.1, 0.15) is 25.3 Å². The summed E-state index contributed by atoms with van der Waals surface area (Å²) in [6, 6.07) is 3.70. The topological polar surface area (TPSA) is 46.2 Å². The summed E-state index contributed by atoms with van der Waals surface area (Å²) in [5.74, 6) is -0.565. The zero-order valence-electron chi connectivity index (χ0n) is 10.4. The maximum atomic E-state index is 13.1. The fourth-order valence-corrected chi connectivity index (χ4v) is 2.91. The standard InChI is InChI=1S/C12H17ClFNO2S/c1-3-10(13)6-7-15-18(16,17)12-8-11(14)5-4-9(12)2/h4-5,8,10,15H,3,6-7H2,1-2H3. The van der Waals surface area contributed by atoms with Crippen molar-refractivity contribution in [3.8, 4) is 0 Å². The molecule has 6 heteroatoms. The molecule has 0 aromatic heterocycles. The van der Waals surface area contributed by atoms with Gasteiger partial charge in [-0.05, 0) is 37.5 Å². The van der Waals surface area contributed by atoms with E-state index in [1.807, 2.05) is 6.92 Å². The van der Waals surface area contributed by atoms with E-state index in [9.17, 15) is 12.8 Å². The minimum absolute atomic E-state index is 0.0230. The number of sulfonamides is 1. The van der Waals surface area contributed by atoms with Crippen LogP contribution in [0.3, 0.4) is 0 Å². The molecule has 1 rings (SSSR count). The van der Waals surface area contributed by atoms with Crippen LogP contribution in [0.15, 0.2) is 23.1 Å². The third kappa shape index (κ3) is 4.23. The summed E-state index contributed by atoms with van der Waals surface area (Å²) in [7, 11) is -3.67. The molecule has 1 aromatic carbocycles. The van der Waals surface area contributed by atoms with Crippen LogP contribution in [0.2, 0.25) is 0 Å². The van der Waals surface area contributed by atoms with E-state index in [-0.39, 0.29) is 16.8 Å². The maximum absolute atomic E-state index is 13.1. The molecule has 0 spiro atoms. The van der Waals surface area contributed by atoms with Crippen LogP contribution in [0.4, 0.5) is 4.39 Å². The Bertz CT molecular complexity index is 505. The van der Waals surface area contributed by atoms with Crippen LogP contribution in [-0.4, -0.2) is 20.3 Å². The Morgan fingerprint density at radius 3 is 2.72 bits per heavy atom. The molecule has 0 bridgehead atoms. The lowest BCUT2D eigenvalue weighted by Gasteiger charge is -2.10. The van der Waals surface area contributed by atoms with Crippen LogP contribution in [0.5, 0.6) is 0 Å². The number of aryl methyl sites for hydroxylation is 1. The van der Waals surface area contributed by atoms with Crippen molar-refractivity contribution in [3.63, 3.8) is 0 Å². The van der Waals surface area contributed by atoms with Gasteiger partial charge >= 0.3 is 0 Å². The smallest absolute Gasteiger partial charge is 0.211 e. The van der Waals surface area contributed by atoms with Crippen molar-refractivity contribution in [2.75, 3.05) is 6.54 Å². The molecule has 0 saturated heterocycles. The summed E-state index contributed by atoms with van der Waals surface area (Å²) in [5.41, 5.74) is 0.516. The van der Waals surface area contributed by atoms with Gasteiger partial charge in [-0.1, -0.05) is 13.0 Å². The molecule has 1 aromatic rings. The van der Waals surface area contributed by atoms with Crippen LogP contribution < -0.4 is 4.72 Å². The summed E-state index contributed by atoms with van der Waals surface area (Å²) < 4.78 is 39.4. The Morgan fingerprint density at radius 2 is 2.11 bits per heavy atom. The molecule has 1 unspecified atom stereocenters. The van der Waals surface area contributed by atoms with Crippen LogP contribution in [-0.2, 0) is 10.0 Å². The monoisotopic (exact) mass is 293 g/mol. The van der Waals surface area contributed by atoms with Crippen molar-refractivity contribution in [3.05, 3.63) is 29.6 Å². The lowest BCUT2D eigenvalue weighted by atomic mass is 10.2. The van der Waals surface area contributed by atoms with Crippen molar-refractivity contribution >= 4 is 21.6 Å². The lowest BCUT2D eigenvalue weighted by molar-refractivity contribution is 0.572. The second kappa shape index (κ2) is 6.50. The molecular formula is C12H17ClFNO2S. The quantitative estimate of drug-likeness (QED) is 0.820. The van der Waals surface area contributed by atoms with E-state index < -0.39 is 15.8 Å². The van der Waals surface area contributed by atoms with E-state index in [2.05, 4.69) is 4.72 Å². The molecule has 0 amide bonds. The highest BCUT2D eigenvalue weighted by molar-refractivity contribution is 7.89. The number of halogens is 2. The first-order valence-corrected chi connectivity index (χ1v) is 7.68. The molecule has 0 saturated carbocycles. The number of alkyl halides is 1. The molecule has 0 aliphatic carbocycles. The Kier molecular flexibility index (Phi) is 5.56. The molecule has 0 aliphatic rings. The Balaban J connectivity index is 2.77.